The van der Waals surface area contributed by atoms with Gasteiger partial charge < -0.3 is 10.0 Å². The van der Waals surface area contributed by atoms with Crippen LogP contribution in [-0.4, -0.2) is 36.6 Å². The van der Waals surface area contributed by atoms with Crippen LogP contribution in [0.5, 0.6) is 0 Å². The molecule has 29 heavy (non-hydrogen) atoms. The van der Waals surface area contributed by atoms with Gasteiger partial charge >= 0.3 is 0 Å². The molecule has 5 rings (SSSR count). The zero-order valence-electron chi connectivity index (χ0n) is 19.1. The number of carbonyl (C=O) groups excluding carboxylic acids is 1. The van der Waals surface area contributed by atoms with E-state index in [9.17, 15) is 9.90 Å². The molecule has 4 aliphatic carbocycles. The highest BCUT2D eigenvalue weighted by molar-refractivity contribution is 5.89. The van der Waals surface area contributed by atoms with Gasteiger partial charge in [0, 0.05) is 5.41 Å². The maximum atomic E-state index is 13.6. The van der Waals surface area contributed by atoms with E-state index >= 15 is 0 Å². The molecule has 1 aliphatic heterocycles. The average Bonchev–Trinajstić information content (AvgIpc) is 2.95. The Labute approximate surface area is 178 Å². The molecular weight excluding hydrogens is 358 g/mol. The van der Waals surface area contributed by atoms with Crippen LogP contribution in [0.4, 0.5) is 0 Å². The number of likely N-dealkylation sites (tertiary alicyclic amines) is 1. The van der Waals surface area contributed by atoms with Crippen LogP contribution in [0.3, 0.4) is 0 Å². The number of Topliss-reactive ketones (excluding diaryl/α,β-unsaturated/α-hetero) is 1. The third-order valence-electron chi connectivity index (χ3n) is 11.3. The average molecular weight is 403 g/mol. The van der Waals surface area contributed by atoms with Gasteiger partial charge in [0.05, 0.1) is 31.7 Å². The first-order valence-corrected chi connectivity index (χ1v) is 12.8. The summed E-state index contributed by atoms with van der Waals surface area (Å²) in [6.07, 6.45) is 13.2. The summed E-state index contributed by atoms with van der Waals surface area (Å²) in [6, 6.07) is 0. The first kappa shape index (κ1) is 20.5. The molecule has 3 nitrogen and oxygen atoms in total. The summed E-state index contributed by atoms with van der Waals surface area (Å²) in [5.41, 5.74) is 0.606. The van der Waals surface area contributed by atoms with Crippen LogP contribution in [0.1, 0.15) is 91.4 Å². The van der Waals surface area contributed by atoms with Crippen LogP contribution >= 0.6 is 0 Å². The Kier molecular flexibility index (Phi) is 4.98. The molecular formula is C26H44NO2+. The molecule has 1 heterocycles. The molecule has 4 saturated carbocycles. The monoisotopic (exact) mass is 402 g/mol. The van der Waals surface area contributed by atoms with Crippen molar-refractivity contribution in [1.29, 1.82) is 0 Å². The predicted octanol–water partition coefficient (Wildman–Crippen LogP) is 3.64. The van der Waals surface area contributed by atoms with Gasteiger partial charge in [0.1, 0.15) is 5.78 Å². The van der Waals surface area contributed by atoms with Crippen molar-refractivity contribution in [2.45, 2.75) is 97.5 Å². The molecule has 3 heteroatoms. The second-order valence-electron chi connectivity index (χ2n) is 12.6. The van der Waals surface area contributed by atoms with Crippen molar-refractivity contribution in [3.63, 3.8) is 0 Å². The van der Waals surface area contributed by atoms with Gasteiger partial charge in [-0.3, -0.25) is 4.79 Å². The summed E-state index contributed by atoms with van der Waals surface area (Å²) in [6.45, 7) is 11.1. The molecule has 0 radical (unpaired) electrons. The van der Waals surface area contributed by atoms with Gasteiger partial charge in [-0.1, -0.05) is 20.8 Å². The van der Waals surface area contributed by atoms with Crippen LogP contribution in [-0.2, 0) is 4.79 Å². The van der Waals surface area contributed by atoms with Gasteiger partial charge in [-0.05, 0) is 99.2 Å². The summed E-state index contributed by atoms with van der Waals surface area (Å²) in [5, 5.41) is 10.4. The number of ketones is 1. The molecule has 0 unspecified atom stereocenters. The van der Waals surface area contributed by atoms with Gasteiger partial charge in [0.15, 0.2) is 0 Å². The fourth-order valence-electron chi connectivity index (χ4n) is 9.33. The number of hydrogen-bond acceptors (Lipinski definition) is 2. The van der Waals surface area contributed by atoms with E-state index in [2.05, 4.69) is 20.8 Å². The Bertz CT molecular complexity index is 657. The Balaban J connectivity index is 1.37. The van der Waals surface area contributed by atoms with Crippen molar-refractivity contribution in [1.82, 2.24) is 0 Å². The lowest BCUT2D eigenvalue weighted by Crippen LogP contribution is -3.13. The van der Waals surface area contributed by atoms with E-state index in [0.717, 1.165) is 37.6 Å². The molecule has 0 bridgehead atoms. The normalized spacial score (nSPS) is 53.2. The number of aliphatic hydroxyl groups excluding tert-OH is 1. The molecule has 2 N–H and O–H groups in total. The second kappa shape index (κ2) is 7.05. The summed E-state index contributed by atoms with van der Waals surface area (Å²) < 4.78 is 0. The first-order valence-electron chi connectivity index (χ1n) is 12.8. The highest BCUT2D eigenvalue weighted by Gasteiger charge is 2.65. The Morgan fingerprint density at radius 1 is 0.966 bits per heavy atom. The van der Waals surface area contributed by atoms with E-state index in [4.69, 9.17) is 0 Å². The second-order valence-corrected chi connectivity index (χ2v) is 12.6. The summed E-state index contributed by atoms with van der Waals surface area (Å²) in [5.74, 6) is 3.09. The van der Waals surface area contributed by atoms with Gasteiger partial charge in [0.2, 0.25) is 0 Å². The highest BCUT2D eigenvalue weighted by atomic mass is 16.3. The topological polar surface area (TPSA) is 41.7 Å². The Hall–Kier alpha value is -0.410. The molecule has 0 amide bonds. The molecule has 5 aliphatic rings. The van der Waals surface area contributed by atoms with Crippen LogP contribution in [0.2, 0.25) is 0 Å². The summed E-state index contributed by atoms with van der Waals surface area (Å²) in [7, 11) is 0. The van der Waals surface area contributed by atoms with Crippen molar-refractivity contribution in [3.8, 4) is 0 Å². The number of hydrogen-bond donors (Lipinski definition) is 2. The maximum absolute atomic E-state index is 13.6. The van der Waals surface area contributed by atoms with Gasteiger partial charge in [-0.15, -0.1) is 0 Å². The van der Waals surface area contributed by atoms with E-state index in [0.29, 0.717) is 28.4 Å². The first-order chi connectivity index (χ1) is 13.8. The molecule has 0 aromatic carbocycles. The lowest BCUT2D eigenvalue weighted by Gasteiger charge is -2.64. The Morgan fingerprint density at radius 2 is 1.72 bits per heavy atom. The van der Waals surface area contributed by atoms with Crippen LogP contribution in [0.15, 0.2) is 0 Å². The lowest BCUT2D eigenvalue weighted by molar-refractivity contribution is -0.907. The fraction of sp³-hybridized carbons (Fsp3) is 0.962. The minimum atomic E-state index is -0.0940. The van der Waals surface area contributed by atoms with Crippen molar-refractivity contribution in [2.24, 2.45) is 39.9 Å². The van der Waals surface area contributed by atoms with Crippen LogP contribution < -0.4 is 4.90 Å². The number of aliphatic hydroxyl groups is 1. The zero-order chi connectivity index (χ0) is 20.4. The standard InChI is InChI=1S/C26H43NO2/c1-24-10-8-20-21(26(24,3)12-7-19(28)16-24)9-11-25(2)22(20)15-18(23(25)29)17-27-13-5-4-6-14-27/h18-22,28H,4-17H2,1-3H3/p+1/t18-,19+,20+,21+,22-,24+,25-,26+/m1/s1. The lowest BCUT2D eigenvalue weighted by atomic mass is 9.40. The minimum Gasteiger partial charge on any atom is -0.393 e. The molecule has 1 saturated heterocycles. The predicted molar refractivity (Wildman–Crippen MR) is 116 cm³/mol. The zero-order valence-corrected chi connectivity index (χ0v) is 19.1. The van der Waals surface area contributed by atoms with Gasteiger partial charge in [-0.25, -0.2) is 0 Å². The largest absolute Gasteiger partial charge is 0.393 e. The van der Waals surface area contributed by atoms with Crippen molar-refractivity contribution in [2.75, 3.05) is 19.6 Å². The third-order valence-corrected chi connectivity index (χ3v) is 11.3. The quantitative estimate of drug-likeness (QED) is 0.740. The van der Waals surface area contributed by atoms with Crippen LogP contribution in [0.25, 0.3) is 0 Å². The fourth-order valence-corrected chi connectivity index (χ4v) is 9.33. The SMILES string of the molecule is C[C@@]12CC[C@@H]3[C@H]4C[C@H](C[NH+]5CCCCC5)C(=O)[C@]4(C)CC[C@@H]3[C@]1(C)CC[C@H](O)C2. The highest BCUT2D eigenvalue weighted by Crippen LogP contribution is 2.69. The van der Waals surface area contributed by atoms with Gasteiger partial charge in [0.25, 0.3) is 0 Å². The molecule has 0 aromatic heterocycles. The Morgan fingerprint density at radius 3 is 2.48 bits per heavy atom. The smallest absolute Gasteiger partial charge is 0.147 e. The minimum absolute atomic E-state index is 0.0423. The van der Waals surface area contributed by atoms with E-state index in [1.54, 1.807) is 4.90 Å². The van der Waals surface area contributed by atoms with E-state index in [1.807, 2.05) is 0 Å². The number of carbonyl (C=O) groups is 1. The number of nitrogens with one attached hydrogen (secondary N) is 1. The van der Waals surface area contributed by atoms with Crippen molar-refractivity contribution in [3.05, 3.63) is 0 Å². The van der Waals surface area contributed by atoms with Crippen molar-refractivity contribution >= 4 is 5.78 Å². The van der Waals surface area contributed by atoms with E-state index in [1.165, 1.54) is 64.5 Å². The van der Waals surface area contributed by atoms with Crippen molar-refractivity contribution < 1.29 is 14.8 Å². The summed E-state index contributed by atoms with van der Waals surface area (Å²) >= 11 is 0. The number of quaternary nitrogens is 1. The van der Waals surface area contributed by atoms with Gasteiger partial charge in [-0.2, -0.15) is 0 Å². The third kappa shape index (κ3) is 3.00. The molecule has 0 spiro atoms. The summed E-state index contributed by atoms with van der Waals surface area (Å²) in [4.78, 5) is 15.3. The number of rotatable bonds is 2. The molecule has 8 atom stereocenters. The molecule has 0 aromatic rings. The number of piperidine rings is 1. The molecule has 5 fully saturated rings. The van der Waals surface area contributed by atoms with E-state index in [-0.39, 0.29) is 11.5 Å². The number of fused-ring (bicyclic) bond motifs is 5. The van der Waals surface area contributed by atoms with Crippen LogP contribution in [0, 0.1) is 39.9 Å². The molecule has 164 valence electrons. The maximum Gasteiger partial charge on any atom is 0.147 e. The van der Waals surface area contributed by atoms with E-state index < -0.39 is 0 Å².